The van der Waals surface area contributed by atoms with Gasteiger partial charge in [-0.1, -0.05) is 30.7 Å². The molecule has 1 aliphatic rings. The molecular formula is C25H30ClN7O. The predicted molar refractivity (Wildman–Crippen MR) is 140 cm³/mol. The van der Waals surface area contributed by atoms with Crippen LogP contribution in [0.1, 0.15) is 29.3 Å². The van der Waals surface area contributed by atoms with E-state index >= 15 is 0 Å². The molecule has 0 aliphatic carbocycles. The molecule has 0 atom stereocenters. The van der Waals surface area contributed by atoms with Crippen LogP contribution < -0.4 is 25.8 Å². The molecular weight excluding hydrogens is 450 g/mol. The van der Waals surface area contributed by atoms with E-state index in [1.54, 1.807) is 17.2 Å². The highest BCUT2D eigenvalue weighted by Crippen LogP contribution is 2.35. The molecule has 3 N–H and O–H groups in total. The lowest BCUT2D eigenvalue weighted by Crippen LogP contribution is -2.46. The third kappa shape index (κ3) is 4.78. The van der Waals surface area contributed by atoms with Gasteiger partial charge in [0.15, 0.2) is 0 Å². The minimum Gasteiger partial charge on any atom is -0.370 e. The van der Waals surface area contributed by atoms with Crippen LogP contribution in [0.3, 0.4) is 0 Å². The van der Waals surface area contributed by atoms with Gasteiger partial charge in [-0.25, -0.2) is 4.98 Å². The Kier molecular flexibility index (Phi) is 7.19. The molecule has 9 heteroatoms. The highest BCUT2D eigenvalue weighted by molar-refractivity contribution is 6.34. The maximum atomic E-state index is 13.3. The Morgan fingerprint density at radius 1 is 1.18 bits per heavy atom. The van der Waals surface area contributed by atoms with E-state index in [4.69, 9.17) is 17.3 Å². The summed E-state index contributed by atoms with van der Waals surface area (Å²) in [6, 6.07) is 13.7. The molecule has 1 amide bonds. The first-order chi connectivity index (χ1) is 16.4. The van der Waals surface area contributed by atoms with E-state index in [1.807, 2.05) is 43.1 Å². The van der Waals surface area contributed by atoms with Crippen molar-refractivity contribution in [3.05, 3.63) is 64.8 Å². The van der Waals surface area contributed by atoms with Crippen molar-refractivity contribution in [3.63, 3.8) is 0 Å². The summed E-state index contributed by atoms with van der Waals surface area (Å²) in [7, 11) is 1.90. The first kappa shape index (κ1) is 23.8. The molecule has 0 saturated heterocycles. The Labute approximate surface area is 205 Å². The van der Waals surface area contributed by atoms with Crippen LogP contribution >= 0.6 is 11.6 Å². The van der Waals surface area contributed by atoms with Gasteiger partial charge in [0.05, 0.1) is 17.4 Å². The molecule has 0 spiro atoms. The number of nitrogens with zero attached hydrogens (tertiary/aromatic N) is 5. The molecule has 1 aromatic heterocycles. The zero-order valence-corrected chi connectivity index (χ0v) is 20.5. The Morgan fingerprint density at radius 3 is 2.62 bits per heavy atom. The quantitative estimate of drug-likeness (QED) is 0.494. The number of para-hydroxylation sites is 1. The number of rotatable bonds is 8. The Morgan fingerprint density at radius 2 is 1.94 bits per heavy atom. The van der Waals surface area contributed by atoms with E-state index in [2.05, 4.69) is 39.2 Å². The minimum absolute atomic E-state index is 0.170. The molecule has 2 aromatic carbocycles. The third-order valence-electron chi connectivity index (χ3n) is 5.80. The second-order valence-electron chi connectivity index (χ2n) is 8.36. The number of carbonyl (C=O) groups excluding carboxylic acids is 1. The van der Waals surface area contributed by atoms with Gasteiger partial charge >= 0.3 is 0 Å². The monoisotopic (exact) mass is 479 g/mol. The number of anilines is 5. The molecule has 34 heavy (non-hydrogen) atoms. The maximum absolute atomic E-state index is 13.3. The molecule has 0 saturated carbocycles. The number of nitrogens with one attached hydrogen (secondary N) is 1. The fraction of sp³-hybridized carbons (Fsp3) is 0.320. The van der Waals surface area contributed by atoms with E-state index in [-0.39, 0.29) is 5.91 Å². The Hall–Kier alpha value is -3.36. The average Bonchev–Trinajstić information content (AvgIpc) is 2.82. The molecule has 0 fully saturated rings. The summed E-state index contributed by atoms with van der Waals surface area (Å²) >= 11 is 6.42. The van der Waals surface area contributed by atoms with Gasteiger partial charge in [-0.3, -0.25) is 9.69 Å². The van der Waals surface area contributed by atoms with Gasteiger partial charge in [-0.15, -0.1) is 0 Å². The second kappa shape index (κ2) is 10.3. The number of amides is 1. The van der Waals surface area contributed by atoms with Crippen molar-refractivity contribution >= 4 is 46.3 Å². The van der Waals surface area contributed by atoms with E-state index in [9.17, 15) is 4.79 Å². The van der Waals surface area contributed by atoms with Crippen molar-refractivity contribution in [1.82, 2.24) is 9.97 Å². The molecule has 0 unspecified atom stereocenters. The number of hydrogen-bond acceptors (Lipinski definition) is 7. The SMILES string of the molecule is CCCN(CCN)c1ccc(Nc2ncc3c(n2)N(C)CN(c2c(C)cccc2Cl)C3=O)cc1. The van der Waals surface area contributed by atoms with Crippen LogP contribution in [0.15, 0.2) is 48.7 Å². The molecule has 2 heterocycles. The highest BCUT2D eigenvalue weighted by Gasteiger charge is 2.32. The van der Waals surface area contributed by atoms with Gasteiger partial charge in [0.1, 0.15) is 11.4 Å². The van der Waals surface area contributed by atoms with Crippen molar-refractivity contribution in [2.45, 2.75) is 20.3 Å². The molecule has 0 radical (unpaired) electrons. The number of benzene rings is 2. The van der Waals surface area contributed by atoms with Gasteiger partial charge in [0.25, 0.3) is 5.91 Å². The summed E-state index contributed by atoms with van der Waals surface area (Å²) in [5.41, 5.74) is 9.83. The lowest BCUT2D eigenvalue weighted by Gasteiger charge is -2.35. The topological polar surface area (TPSA) is 90.6 Å². The first-order valence-corrected chi connectivity index (χ1v) is 11.8. The minimum atomic E-state index is -0.170. The lowest BCUT2D eigenvalue weighted by atomic mass is 10.1. The third-order valence-corrected chi connectivity index (χ3v) is 6.10. The summed E-state index contributed by atoms with van der Waals surface area (Å²) in [6.07, 6.45) is 2.63. The fourth-order valence-corrected chi connectivity index (χ4v) is 4.51. The number of fused-ring (bicyclic) bond motifs is 1. The highest BCUT2D eigenvalue weighted by atomic mass is 35.5. The number of aromatic nitrogens is 2. The van der Waals surface area contributed by atoms with Gasteiger partial charge in [-0.05, 0) is 49.2 Å². The van der Waals surface area contributed by atoms with Gasteiger partial charge < -0.3 is 20.9 Å². The standard InChI is InChI=1S/C25H30ClN7O/c1-4-13-32(14-12-27)19-10-8-18(9-11-19)29-25-28-15-20-23(30-25)31(3)16-33(24(20)34)22-17(2)6-5-7-21(22)26/h5-11,15H,4,12-14,16,27H2,1-3H3,(H,28,29,30). The number of nitrogens with two attached hydrogens (primary N) is 1. The summed E-state index contributed by atoms with van der Waals surface area (Å²) in [4.78, 5) is 28.2. The van der Waals surface area contributed by atoms with Crippen molar-refractivity contribution in [2.24, 2.45) is 5.73 Å². The van der Waals surface area contributed by atoms with E-state index in [1.165, 1.54) is 0 Å². The number of aryl methyl sites for hydroxylation is 1. The van der Waals surface area contributed by atoms with Crippen LogP contribution in [0.4, 0.5) is 28.8 Å². The normalized spacial score (nSPS) is 13.1. The molecule has 8 nitrogen and oxygen atoms in total. The zero-order chi connectivity index (χ0) is 24.2. The predicted octanol–water partition coefficient (Wildman–Crippen LogP) is 4.41. The maximum Gasteiger partial charge on any atom is 0.265 e. The number of hydrogen-bond donors (Lipinski definition) is 2. The van der Waals surface area contributed by atoms with Crippen LogP contribution in [0.5, 0.6) is 0 Å². The van der Waals surface area contributed by atoms with Gasteiger partial charge in [-0.2, -0.15) is 4.98 Å². The fourth-order valence-electron chi connectivity index (χ4n) is 4.18. The molecule has 0 bridgehead atoms. The van der Waals surface area contributed by atoms with Crippen LogP contribution in [0, 0.1) is 6.92 Å². The largest absolute Gasteiger partial charge is 0.370 e. The van der Waals surface area contributed by atoms with E-state index in [0.29, 0.717) is 41.3 Å². The van der Waals surface area contributed by atoms with E-state index in [0.717, 1.165) is 36.4 Å². The Balaban J connectivity index is 1.54. The molecule has 3 aromatic rings. The first-order valence-electron chi connectivity index (χ1n) is 11.4. The average molecular weight is 480 g/mol. The lowest BCUT2D eigenvalue weighted by molar-refractivity contribution is 0.0982. The van der Waals surface area contributed by atoms with Crippen molar-refractivity contribution < 1.29 is 4.79 Å². The smallest absolute Gasteiger partial charge is 0.265 e. The van der Waals surface area contributed by atoms with E-state index < -0.39 is 0 Å². The van der Waals surface area contributed by atoms with Crippen LogP contribution in [-0.2, 0) is 0 Å². The summed E-state index contributed by atoms with van der Waals surface area (Å²) in [5.74, 6) is 0.842. The van der Waals surface area contributed by atoms with Crippen molar-refractivity contribution in [3.8, 4) is 0 Å². The molecule has 4 rings (SSSR count). The molecule has 178 valence electrons. The van der Waals surface area contributed by atoms with Crippen LogP contribution in [0.25, 0.3) is 0 Å². The molecule has 1 aliphatic heterocycles. The summed E-state index contributed by atoms with van der Waals surface area (Å²) in [6.45, 7) is 6.83. The van der Waals surface area contributed by atoms with Crippen LogP contribution in [0.2, 0.25) is 5.02 Å². The Bertz CT molecular complexity index is 1140. The van der Waals surface area contributed by atoms with Crippen LogP contribution in [-0.4, -0.2) is 49.2 Å². The van der Waals surface area contributed by atoms with Crippen molar-refractivity contribution in [2.75, 3.05) is 53.4 Å². The van der Waals surface area contributed by atoms with Gasteiger partial charge in [0.2, 0.25) is 5.95 Å². The zero-order valence-electron chi connectivity index (χ0n) is 19.8. The second-order valence-corrected chi connectivity index (χ2v) is 8.76. The summed E-state index contributed by atoms with van der Waals surface area (Å²) in [5, 5.41) is 3.78. The summed E-state index contributed by atoms with van der Waals surface area (Å²) < 4.78 is 0. The van der Waals surface area contributed by atoms with Gasteiger partial charge in [0, 0.05) is 44.3 Å². The van der Waals surface area contributed by atoms with Crippen molar-refractivity contribution in [1.29, 1.82) is 0 Å². The number of carbonyl (C=O) groups is 1. The number of halogens is 1.